The van der Waals surface area contributed by atoms with E-state index < -0.39 is 0 Å². The second kappa shape index (κ2) is 5.29. The zero-order chi connectivity index (χ0) is 14.1. The molecule has 1 unspecified atom stereocenters. The third-order valence-electron chi connectivity index (χ3n) is 4.14. The van der Waals surface area contributed by atoms with Gasteiger partial charge in [0.25, 0.3) is 0 Å². The van der Waals surface area contributed by atoms with E-state index in [1.807, 2.05) is 18.2 Å². The number of piperidine rings is 1. The van der Waals surface area contributed by atoms with E-state index >= 15 is 0 Å². The topological polar surface area (TPSA) is 73.5 Å². The van der Waals surface area contributed by atoms with Gasteiger partial charge in [-0.05, 0) is 31.5 Å². The van der Waals surface area contributed by atoms with Crippen molar-refractivity contribution in [3.05, 3.63) is 42.2 Å². The zero-order valence-electron chi connectivity index (χ0n) is 11.8. The van der Waals surface area contributed by atoms with Crippen LogP contribution >= 0.6 is 0 Å². The first-order chi connectivity index (χ1) is 10.4. The number of hydrogen-bond donors (Lipinski definition) is 2. The molecular formula is C15H18N6. The molecule has 0 saturated carbocycles. The van der Waals surface area contributed by atoms with Crippen LogP contribution in [0.4, 0.5) is 0 Å². The third kappa shape index (κ3) is 2.54. The molecule has 0 amide bonds. The van der Waals surface area contributed by atoms with Gasteiger partial charge < -0.3 is 4.98 Å². The van der Waals surface area contributed by atoms with Crippen LogP contribution in [0.3, 0.4) is 0 Å². The van der Waals surface area contributed by atoms with Gasteiger partial charge >= 0.3 is 0 Å². The van der Waals surface area contributed by atoms with Crippen LogP contribution < -0.4 is 0 Å². The van der Waals surface area contributed by atoms with Crippen LogP contribution in [0, 0.1) is 0 Å². The van der Waals surface area contributed by atoms with Gasteiger partial charge in [-0.3, -0.25) is 10.00 Å². The Morgan fingerprint density at radius 3 is 3.10 bits per heavy atom. The molecule has 0 aliphatic carbocycles. The first-order valence-electron chi connectivity index (χ1n) is 7.40. The Labute approximate surface area is 122 Å². The summed E-state index contributed by atoms with van der Waals surface area (Å²) in [7, 11) is 0. The van der Waals surface area contributed by atoms with Crippen LogP contribution in [0.2, 0.25) is 0 Å². The van der Waals surface area contributed by atoms with Crippen molar-refractivity contribution in [2.45, 2.75) is 25.3 Å². The Morgan fingerprint density at radius 1 is 1.29 bits per heavy atom. The molecule has 2 N–H and O–H groups in total. The maximum Gasteiger partial charge on any atom is 0.137 e. The van der Waals surface area contributed by atoms with E-state index in [1.54, 1.807) is 6.33 Å². The predicted octanol–water partition coefficient (Wildman–Crippen LogP) is 2.06. The summed E-state index contributed by atoms with van der Waals surface area (Å²) in [6.45, 7) is 2.98. The van der Waals surface area contributed by atoms with Gasteiger partial charge in [-0.2, -0.15) is 5.10 Å². The highest BCUT2D eigenvalue weighted by Gasteiger charge is 2.23. The fraction of sp³-hybridized carbons (Fsp3) is 0.400. The van der Waals surface area contributed by atoms with Crippen LogP contribution in [0.15, 0.2) is 30.6 Å². The molecule has 21 heavy (non-hydrogen) atoms. The number of imidazole rings is 1. The second-order valence-electron chi connectivity index (χ2n) is 5.65. The number of fused-ring (bicyclic) bond motifs is 1. The lowest BCUT2D eigenvalue weighted by Crippen LogP contribution is -2.34. The first-order valence-corrected chi connectivity index (χ1v) is 7.40. The molecule has 3 heterocycles. The fourth-order valence-corrected chi connectivity index (χ4v) is 3.13. The van der Waals surface area contributed by atoms with Gasteiger partial charge in [-0.15, -0.1) is 0 Å². The van der Waals surface area contributed by atoms with Crippen LogP contribution in [0.5, 0.6) is 0 Å². The highest BCUT2D eigenvalue weighted by Crippen LogP contribution is 2.25. The molecule has 1 fully saturated rings. The summed E-state index contributed by atoms with van der Waals surface area (Å²) in [6, 6.07) is 8.17. The number of para-hydroxylation sites is 2. The smallest absolute Gasteiger partial charge is 0.137 e. The molecule has 6 heteroatoms. The van der Waals surface area contributed by atoms with Crippen molar-refractivity contribution in [1.82, 2.24) is 30.0 Å². The Kier molecular flexibility index (Phi) is 3.16. The molecule has 1 aliphatic heterocycles. The SMILES string of the molecule is c1ccc2[nH]c(CN3CCCC(c4ncn[nH]4)C3)nc2c1. The molecule has 1 saturated heterocycles. The summed E-state index contributed by atoms with van der Waals surface area (Å²) in [5.74, 6) is 2.49. The number of benzene rings is 1. The van der Waals surface area contributed by atoms with Gasteiger partial charge in [0.1, 0.15) is 18.0 Å². The molecule has 0 spiro atoms. The maximum absolute atomic E-state index is 4.66. The van der Waals surface area contributed by atoms with Gasteiger partial charge in [0.15, 0.2) is 0 Å². The van der Waals surface area contributed by atoms with Crippen molar-refractivity contribution in [2.24, 2.45) is 0 Å². The number of likely N-dealkylation sites (tertiary alicyclic amines) is 1. The molecule has 3 aromatic rings. The van der Waals surface area contributed by atoms with E-state index in [9.17, 15) is 0 Å². The van der Waals surface area contributed by atoms with Gasteiger partial charge in [-0.1, -0.05) is 12.1 Å². The largest absolute Gasteiger partial charge is 0.341 e. The minimum atomic E-state index is 0.450. The van der Waals surface area contributed by atoms with Crippen LogP contribution in [0.25, 0.3) is 11.0 Å². The molecule has 1 atom stereocenters. The standard InChI is InChI=1S/C15H18N6/c1-2-6-13-12(5-1)18-14(19-13)9-21-7-3-4-11(8-21)15-16-10-17-20-15/h1-2,5-6,10-11H,3-4,7-9H2,(H,18,19)(H,16,17,20). The Morgan fingerprint density at radius 2 is 2.24 bits per heavy atom. The van der Waals surface area contributed by atoms with Crippen molar-refractivity contribution in [1.29, 1.82) is 0 Å². The highest BCUT2D eigenvalue weighted by atomic mass is 15.2. The lowest BCUT2D eigenvalue weighted by molar-refractivity contribution is 0.193. The normalized spacial score (nSPS) is 20.1. The predicted molar refractivity (Wildman–Crippen MR) is 79.7 cm³/mol. The van der Waals surface area contributed by atoms with Gasteiger partial charge in [0.05, 0.1) is 17.6 Å². The van der Waals surface area contributed by atoms with E-state index in [0.717, 1.165) is 42.3 Å². The minimum Gasteiger partial charge on any atom is -0.341 e. The minimum absolute atomic E-state index is 0.450. The van der Waals surface area contributed by atoms with Crippen molar-refractivity contribution < 1.29 is 0 Å². The number of nitrogens with one attached hydrogen (secondary N) is 2. The quantitative estimate of drug-likeness (QED) is 0.771. The maximum atomic E-state index is 4.66. The highest BCUT2D eigenvalue weighted by molar-refractivity contribution is 5.74. The number of hydrogen-bond acceptors (Lipinski definition) is 4. The average molecular weight is 282 g/mol. The monoisotopic (exact) mass is 282 g/mol. The van der Waals surface area contributed by atoms with E-state index in [4.69, 9.17) is 0 Å². The molecule has 108 valence electrons. The molecule has 0 radical (unpaired) electrons. The van der Waals surface area contributed by atoms with Gasteiger partial charge in [-0.25, -0.2) is 9.97 Å². The van der Waals surface area contributed by atoms with Gasteiger partial charge in [0, 0.05) is 12.5 Å². The lowest BCUT2D eigenvalue weighted by atomic mass is 9.97. The summed E-state index contributed by atoms with van der Waals surface area (Å²) < 4.78 is 0. The number of H-pyrrole nitrogens is 2. The van der Waals surface area contributed by atoms with Crippen LogP contribution in [-0.4, -0.2) is 43.1 Å². The van der Waals surface area contributed by atoms with E-state index in [-0.39, 0.29) is 0 Å². The third-order valence-corrected chi connectivity index (χ3v) is 4.14. The molecule has 6 nitrogen and oxygen atoms in total. The van der Waals surface area contributed by atoms with Crippen molar-refractivity contribution in [3.63, 3.8) is 0 Å². The van der Waals surface area contributed by atoms with Gasteiger partial charge in [0.2, 0.25) is 0 Å². The van der Waals surface area contributed by atoms with Crippen LogP contribution in [-0.2, 0) is 6.54 Å². The summed E-state index contributed by atoms with van der Waals surface area (Å²) in [6.07, 6.45) is 3.95. The second-order valence-corrected chi connectivity index (χ2v) is 5.65. The Balaban J connectivity index is 1.48. The zero-order valence-corrected chi connectivity index (χ0v) is 11.8. The average Bonchev–Trinajstić information content (AvgIpc) is 3.16. The van der Waals surface area contributed by atoms with E-state index in [0.29, 0.717) is 5.92 Å². The van der Waals surface area contributed by atoms with E-state index in [1.165, 1.54) is 12.8 Å². The molecule has 4 rings (SSSR count). The summed E-state index contributed by atoms with van der Waals surface area (Å²) in [5, 5.41) is 6.96. The lowest BCUT2D eigenvalue weighted by Gasteiger charge is -2.30. The summed E-state index contributed by atoms with van der Waals surface area (Å²) in [4.78, 5) is 14.8. The number of aromatic amines is 2. The van der Waals surface area contributed by atoms with Crippen molar-refractivity contribution >= 4 is 11.0 Å². The Hall–Kier alpha value is -2.21. The summed E-state index contributed by atoms with van der Waals surface area (Å²) in [5.41, 5.74) is 2.15. The molecule has 2 aromatic heterocycles. The first kappa shape index (κ1) is 12.5. The number of aromatic nitrogens is 5. The van der Waals surface area contributed by atoms with Crippen molar-refractivity contribution in [2.75, 3.05) is 13.1 Å². The van der Waals surface area contributed by atoms with E-state index in [2.05, 4.69) is 36.1 Å². The molecule has 1 aliphatic rings. The molecule has 0 bridgehead atoms. The fourth-order valence-electron chi connectivity index (χ4n) is 3.13. The number of nitrogens with zero attached hydrogens (tertiary/aromatic N) is 4. The summed E-state index contributed by atoms with van der Waals surface area (Å²) >= 11 is 0. The molecular weight excluding hydrogens is 264 g/mol. The number of rotatable bonds is 3. The van der Waals surface area contributed by atoms with Crippen molar-refractivity contribution in [3.8, 4) is 0 Å². The van der Waals surface area contributed by atoms with Crippen LogP contribution in [0.1, 0.15) is 30.4 Å². The molecule has 1 aromatic carbocycles. The Bertz CT molecular complexity index is 684.